The highest BCUT2D eigenvalue weighted by molar-refractivity contribution is 9.10. The Hall–Kier alpha value is -1.89. The van der Waals surface area contributed by atoms with Crippen molar-refractivity contribution in [3.8, 4) is 0 Å². The van der Waals surface area contributed by atoms with E-state index in [4.69, 9.17) is 0 Å². The van der Waals surface area contributed by atoms with E-state index in [0.29, 0.717) is 16.6 Å². The number of hydrogen-bond donors (Lipinski definition) is 2. The van der Waals surface area contributed by atoms with Crippen LogP contribution in [0.2, 0.25) is 0 Å². The number of rotatable bonds is 4. The van der Waals surface area contributed by atoms with E-state index in [2.05, 4.69) is 31.4 Å². The minimum Gasteiger partial charge on any atom is -0.378 e. The molecule has 0 unspecified atom stereocenters. The van der Waals surface area contributed by atoms with Crippen molar-refractivity contribution in [3.05, 3.63) is 50.7 Å². The molecular weight excluding hydrogens is 288 g/mol. The lowest BCUT2D eigenvalue weighted by Gasteiger charge is -2.05. The number of aromatic amines is 1. The van der Waals surface area contributed by atoms with Gasteiger partial charge in [0, 0.05) is 28.8 Å². The van der Waals surface area contributed by atoms with E-state index in [9.17, 15) is 10.1 Å². The standard InChI is InChI=1S/C10H9BrN4O2/c11-8-2-1-7(10(3-8)15(16)17)4-12-9-5-13-14-6-9/h1-3,5-6,12H,4H2,(H,13,14). The normalized spacial score (nSPS) is 10.2. The Balaban J connectivity index is 2.17. The van der Waals surface area contributed by atoms with Gasteiger partial charge in [0.05, 0.1) is 16.8 Å². The van der Waals surface area contributed by atoms with Gasteiger partial charge in [0.15, 0.2) is 0 Å². The molecule has 0 bridgehead atoms. The molecule has 0 fully saturated rings. The van der Waals surface area contributed by atoms with Crippen molar-refractivity contribution in [1.29, 1.82) is 0 Å². The summed E-state index contributed by atoms with van der Waals surface area (Å²) in [5.74, 6) is 0. The van der Waals surface area contributed by atoms with E-state index < -0.39 is 4.92 Å². The van der Waals surface area contributed by atoms with E-state index in [-0.39, 0.29) is 5.69 Å². The molecule has 0 saturated carbocycles. The fourth-order valence-corrected chi connectivity index (χ4v) is 1.75. The zero-order valence-electron chi connectivity index (χ0n) is 8.68. The van der Waals surface area contributed by atoms with Crippen molar-refractivity contribution < 1.29 is 4.92 Å². The first-order valence-corrected chi connectivity index (χ1v) is 5.61. The number of halogens is 1. The Bertz CT molecular complexity index is 527. The van der Waals surface area contributed by atoms with Crippen LogP contribution in [0.1, 0.15) is 5.56 Å². The maximum absolute atomic E-state index is 10.9. The molecule has 0 saturated heterocycles. The summed E-state index contributed by atoms with van der Waals surface area (Å²) >= 11 is 3.21. The summed E-state index contributed by atoms with van der Waals surface area (Å²) < 4.78 is 0.691. The number of nitrogens with one attached hydrogen (secondary N) is 2. The van der Waals surface area contributed by atoms with Crippen LogP contribution in [-0.2, 0) is 6.54 Å². The zero-order valence-corrected chi connectivity index (χ0v) is 10.3. The molecule has 0 amide bonds. The molecule has 7 heteroatoms. The average molecular weight is 297 g/mol. The van der Waals surface area contributed by atoms with Crippen molar-refractivity contribution >= 4 is 27.3 Å². The monoisotopic (exact) mass is 296 g/mol. The molecule has 0 aliphatic carbocycles. The van der Waals surface area contributed by atoms with Crippen molar-refractivity contribution in [2.45, 2.75) is 6.54 Å². The fourth-order valence-electron chi connectivity index (χ4n) is 1.40. The number of nitrogens with zero attached hydrogens (tertiary/aromatic N) is 2. The lowest BCUT2D eigenvalue weighted by Crippen LogP contribution is -2.02. The smallest absolute Gasteiger partial charge is 0.275 e. The first-order chi connectivity index (χ1) is 8.16. The van der Waals surface area contributed by atoms with Crippen molar-refractivity contribution in [2.75, 3.05) is 5.32 Å². The molecular formula is C10H9BrN4O2. The van der Waals surface area contributed by atoms with Crippen LogP contribution in [0.15, 0.2) is 35.1 Å². The summed E-state index contributed by atoms with van der Waals surface area (Å²) in [6, 6.07) is 4.99. The molecule has 2 aromatic rings. The highest BCUT2D eigenvalue weighted by Gasteiger charge is 2.13. The molecule has 0 aliphatic rings. The molecule has 0 spiro atoms. The first kappa shape index (κ1) is 11.6. The Morgan fingerprint density at radius 2 is 2.35 bits per heavy atom. The minimum atomic E-state index is -0.392. The van der Waals surface area contributed by atoms with Gasteiger partial charge >= 0.3 is 0 Å². The number of nitro benzene ring substituents is 1. The van der Waals surface area contributed by atoms with Gasteiger partial charge in [0.2, 0.25) is 0 Å². The van der Waals surface area contributed by atoms with Crippen LogP contribution in [0.5, 0.6) is 0 Å². The summed E-state index contributed by atoms with van der Waals surface area (Å²) in [5, 5.41) is 20.4. The van der Waals surface area contributed by atoms with E-state index in [1.54, 1.807) is 24.5 Å². The van der Waals surface area contributed by atoms with E-state index in [1.165, 1.54) is 6.07 Å². The minimum absolute atomic E-state index is 0.0929. The lowest BCUT2D eigenvalue weighted by molar-refractivity contribution is -0.385. The quantitative estimate of drug-likeness (QED) is 0.671. The molecule has 88 valence electrons. The summed E-state index contributed by atoms with van der Waals surface area (Å²) in [6.45, 7) is 0.378. The molecule has 0 atom stereocenters. The van der Waals surface area contributed by atoms with Crippen LogP contribution in [0.4, 0.5) is 11.4 Å². The summed E-state index contributed by atoms with van der Waals surface area (Å²) in [4.78, 5) is 10.5. The van der Waals surface area contributed by atoms with Gasteiger partial charge in [-0.2, -0.15) is 5.10 Å². The van der Waals surface area contributed by atoms with E-state index in [1.807, 2.05) is 0 Å². The van der Waals surface area contributed by atoms with Gasteiger partial charge in [-0.25, -0.2) is 0 Å². The average Bonchev–Trinajstić information content (AvgIpc) is 2.80. The van der Waals surface area contributed by atoms with Crippen LogP contribution in [-0.4, -0.2) is 15.1 Å². The van der Waals surface area contributed by atoms with Gasteiger partial charge in [-0.3, -0.25) is 15.2 Å². The Morgan fingerprint density at radius 3 is 3.00 bits per heavy atom. The third kappa shape index (κ3) is 2.82. The maximum atomic E-state index is 10.9. The summed E-state index contributed by atoms with van der Waals surface area (Å²) in [6.07, 6.45) is 3.30. The van der Waals surface area contributed by atoms with Gasteiger partial charge in [0.25, 0.3) is 5.69 Å². The summed E-state index contributed by atoms with van der Waals surface area (Å²) in [5.41, 5.74) is 1.51. The highest BCUT2D eigenvalue weighted by atomic mass is 79.9. The zero-order chi connectivity index (χ0) is 12.3. The molecule has 1 heterocycles. The van der Waals surface area contributed by atoms with Crippen molar-refractivity contribution in [2.24, 2.45) is 0 Å². The number of benzene rings is 1. The predicted molar refractivity (Wildman–Crippen MR) is 66.7 cm³/mol. The highest BCUT2D eigenvalue weighted by Crippen LogP contribution is 2.24. The third-order valence-electron chi connectivity index (χ3n) is 2.23. The van der Waals surface area contributed by atoms with Crippen LogP contribution in [0.3, 0.4) is 0 Å². The Labute approximate surface area is 105 Å². The second kappa shape index (κ2) is 4.96. The number of nitro groups is 1. The maximum Gasteiger partial charge on any atom is 0.275 e. The molecule has 1 aromatic heterocycles. The van der Waals surface area contributed by atoms with E-state index >= 15 is 0 Å². The van der Waals surface area contributed by atoms with Gasteiger partial charge in [0.1, 0.15) is 0 Å². The van der Waals surface area contributed by atoms with Gasteiger partial charge in [-0.05, 0) is 12.1 Å². The van der Waals surface area contributed by atoms with Crippen molar-refractivity contribution in [1.82, 2.24) is 10.2 Å². The molecule has 0 aliphatic heterocycles. The SMILES string of the molecule is O=[N+]([O-])c1cc(Br)ccc1CNc1cn[nH]c1. The van der Waals surface area contributed by atoms with Gasteiger partial charge in [-0.15, -0.1) is 0 Å². The molecule has 0 radical (unpaired) electrons. The van der Waals surface area contributed by atoms with E-state index in [0.717, 1.165) is 5.69 Å². The van der Waals surface area contributed by atoms with Crippen molar-refractivity contribution in [3.63, 3.8) is 0 Å². The fraction of sp³-hybridized carbons (Fsp3) is 0.100. The Morgan fingerprint density at radius 1 is 1.53 bits per heavy atom. The second-order valence-electron chi connectivity index (χ2n) is 3.37. The molecule has 1 aromatic carbocycles. The predicted octanol–water partition coefficient (Wildman–Crippen LogP) is 2.69. The summed E-state index contributed by atoms with van der Waals surface area (Å²) in [7, 11) is 0. The van der Waals surface area contributed by atoms with Crippen LogP contribution >= 0.6 is 15.9 Å². The topological polar surface area (TPSA) is 83.8 Å². The number of anilines is 1. The molecule has 17 heavy (non-hydrogen) atoms. The van der Waals surface area contributed by atoms with Crippen LogP contribution < -0.4 is 5.32 Å². The molecule has 2 rings (SSSR count). The van der Waals surface area contributed by atoms with Gasteiger partial charge in [-0.1, -0.05) is 15.9 Å². The molecule has 6 nitrogen and oxygen atoms in total. The number of H-pyrrole nitrogens is 1. The van der Waals surface area contributed by atoms with Crippen LogP contribution in [0.25, 0.3) is 0 Å². The molecule has 2 N–H and O–H groups in total. The third-order valence-corrected chi connectivity index (χ3v) is 2.72. The van der Waals surface area contributed by atoms with Gasteiger partial charge < -0.3 is 5.32 Å². The Kier molecular flexibility index (Phi) is 3.38. The lowest BCUT2D eigenvalue weighted by atomic mass is 10.2. The number of hydrogen-bond acceptors (Lipinski definition) is 4. The first-order valence-electron chi connectivity index (χ1n) is 4.82. The number of aromatic nitrogens is 2. The largest absolute Gasteiger partial charge is 0.378 e. The van der Waals surface area contributed by atoms with Crippen LogP contribution in [0, 0.1) is 10.1 Å². The second-order valence-corrected chi connectivity index (χ2v) is 4.29.